The second-order valence-electron chi connectivity index (χ2n) is 2.74. The normalized spacial score (nSPS) is 9.25. The van der Waals surface area contributed by atoms with Gasteiger partial charge >= 0.3 is 7.82 Å². The second kappa shape index (κ2) is 27.2. The third kappa shape index (κ3) is 151. The number of hydrogen-bond donors (Lipinski definition) is 12. The maximum absolute atomic E-state index is 8.88. The summed E-state index contributed by atoms with van der Waals surface area (Å²) in [6.07, 6.45) is 0. The fourth-order valence-electron chi connectivity index (χ4n) is 0.250. The van der Waals surface area contributed by atoms with Crippen LogP contribution in [-0.2, 0) is 4.57 Å². The highest BCUT2D eigenvalue weighted by Gasteiger charge is 2.00. The Labute approximate surface area is 118 Å². The number of phosphoric acid groups is 1. The van der Waals surface area contributed by atoms with Gasteiger partial charge in [-0.1, -0.05) is 0 Å². The Morgan fingerprint density at radius 3 is 0.850 bits per heavy atom. The summed E-state index contributed by atoms with van der Waals surface area (Å²) in [5.41, 5.74) is 22.2. The first-order valence-electron chi connectivity index (χ1n) is 5.43. The maximum atomic E-state index is 8.88. The molecule has 0 aromatic heterocycles. The van der Waals surface area contributed by atoms with Gasteiger partial charge in [0.2, 0.25) is 0 Å². The average molecular weight is 323 g/mol. The van der Waals surface area contributed by atoms with Gasteiger partial charge in [0.15, 0.2) is 0 Å². The van der Waals surface area contributed by atoms with E-state index < -0.39 is 7.82 Å². The Balaban J connectivity index is -0.0000000853. The van der Waals surface area contributed by atoms with E-state index >= 15 is 0 Å². The Morgan fingerprint density at radius 1 is 0.700 bits per heavy atom. The van der Waals surface area contributed by atoms with Gasteiger partial charge in [-0.25, -0.2) is 4.57 Å². The van der Waals surface area contributed by atoms with Crippen LogP contribution in [0.2, 0.25) is 0 Å². The van der Waals surface area contributed by atoms with Gasteiger partial charge in [-0.05, 0) is 0 Å². The number of nitrogens with one attached hydrogen (secondary N) is 3. The number of hydrazine groups is 3. The van der Waals surface area contributed by atoms with Crippen LogP contribution < -0.4 is 51.0 Å². The van der Waals surface area contributed by atoms with E-state index in [4.69, 9.17) is 54.0 Å². The largest absolute Gasteiger partial charge is 0.466 e. The molecule has 0 amide bonds. The molecule has 13 nitrogen and oxygen atoms in total. The molecule has 0 aliphatic heterocycles. The van der Waals surface area contributed by atoms with Crippen LogP contribution in [0.4, 0.5) is 0 Å². The van der Waals surface area contributed by atoms with Crippen LogP contribution in [0.25, 0.3) is 0 Å². The zero-order chi connectivity index (χ0) is 16.9. The highest BCUT2D eigenvalue weighted by molar-refractivity contribution is 7.45. The van der Waals surface area contributed by atoms with Crippen molar-refractivity contribution in [2.45, 2.75) is 0 Å². The molecule has 0 heterocycles. The zero-order valence-corrected chi connectivity index (χ0v) is 12.3. The lowest BCUT2D eigenvalue weighted by atomic mass is 10.7. The molecule has 0 saturated carbocycles. The number of rotatable bonds is 6. The van der Waals surface area contributed by atoms with E-state index in [2.05, 4.69) is 16.3 Å². The minimum absolute atomic E-state index is 0.608. The highest BCUT2D eigenvalue weighted by atomic mass is 31.2. The fourth-order valence-corrected chi connectivity index (χ4v) is 0.250. The van der Waals surface area contributed by atoms with Crippen molar-refractivity contribution in [3.8, 4) is 0 Å². The molecular formula is C6H30N9O4P. The summed E-state index contributed by atoms with van der Waals surface area (Å²) >= 11 is 0. The van der Waals surface area contributed by atoms with Crippen molar-refractivity contribution in [1.29, 1.82) is 0 Å². The van der Waals surface area contributed by atoms with Crippen molar-refractivity contribution in [2.24, 2.45) is 34.7 Å². The molecular weight excluding hydrogens is 293 g/mol. The van der Waals surface area contributed by atoms with Crippen molar-refractivity contribution >= 4 is 7.82 Å². The summed E-state index contributed by atoms with van der Waals surface area (Å²) in [7, 11) is -4.64. The molecule has 0 aliphatic rings. The van der Waals surface area contributed by atoms with Gasteiger partial charge < -0.3 is 31.9 Å². The minimum Gasteiger partial charge on any atom is -0.329 e. The monoisotopic (exact) mass is 323 g/mol. The zero-order valence-electron chi connectivity index (χ0n) is 11.4. The van der Waals surface area contributed by atoms with E-state index in [1.54, 1.807) is 0 Å². The third-order valence-corrected chi connectivity index (χ3v) is 0.866. The second-order valence-corrected chi connectivity index (χ2v) is 3.77. The van der Waals surface area contributed by atoms with Crippen LogP contribution in [0.1, 0.15) is 0 Å². The molecule has 0 rings (SSSR count). The van der Waals surface area contributed by atoms with Crippen molar-refractivity contribution in [1.82, 2.24) is 16.3 Å². The lowest BCUT2D eigenvalue weighted by Gasteiger charge is -1.85. The molecule has 0 spiro atoms. The lowest BCUT2D eigenvalue weighted by Crippen LogP contribution is -2.28. The summed E-state index contributed by atoms with van der Waals surface area (Å²) in [6, 6.07) is 0. The van der Waals surface area contributed by atoms with E-state index in [0.29, 0.717) is 39.3 Å². The first-order chi connectivity index (χ1) is 9.24. The highest BCUT2D eigenvalue weighted by Crippen LogP contribution is 2.25. The van der Waals surface area contributed by atoms with Gasteiger partial charge in [0, 0.05) is 39.3 Å². The van der Waals surface area contributed by atoms with Crippen molar-refractivity contribution < 1.29 is 19.2 Å². The molecule has 14 heteroatoms. The molecule has 0 fully saturated rings. The van der Waals surface area contributed by atoms with E-state index in [1.807, 2.05) is 0 Å². The Morgan fingerprint density at radius 2 is 0.850 bits per heavy atom. The molecule has 0 saturated heterocycles. The molecule has 0 aromatic rings. The van der Waals surface area contributed by atoms with Gasteiger partial charge in [-0.3, -0.25) is 33.8 Å². The van der Waals surface area contributed by atoms with E-state index in [0.717, 1.165) is 0 Å². The Hall–Kier alpha value is -0.250. The van der Waals surface area contributed by atoms with E-state index in [-0.39, 0.29) is 0 Å². The van der Waals surface area contributed by atoms with E-state index in [9.17, 15) is 0 Å². The topological polar surface area (TPSA) is 270 Å². The maximum Gasteiger partial charge on any atom is 0.466 e. The molecule has 18 N–H and O–H groups in total. The summed E-state index contributed by atoms with van der Waals surface area (Å²) in [5.74, 6) is 14.4. The van der Waals surface area contributed by atoms with Crippen LogP contribution in [0.5, 0.6) is 0 Å². The molecule has 0 aromatic carbocycles. The fraction of sp³-hybridized carbons (Fsp3) is 1.00. The van der Waals surface area contributed by atoms with Crippen molar-refractivity contribution in [3.05, 3.63) is 0 Å². The van der Waals surface area contributed by atoms with Gasteiger partial charge in [-0.2, -0.15) is 0 Å². The van der Waals surface area contributed by atoms with Crippen LogP contribution in [0, 0.1) is 0 Å². The molecule has 0 unspecified atom stereocenters. The predicted octanol–water partition coefficient (Wildman–Crippen LogP) is -5.70. The lowest BCUT2D eigenvalue weighted by molar-refractivity contribution is 0.275. The van der Waals surface area contributed by atoms with Gasteiger partial charge in [0.1, 0.15) is 0 Å². The predicted molar refractivity (Wildman–Crippen MR) is 78.0 cm³/mol. The summed E-state index contributed by atoms with van der Waals surface area (Å²) in [6.45, 7) is 3.91. The molecule has 20 heavy (non-hydrogen) atoms. The number of hydrogen-bond acceptors (Lipinski definition) is 10. The molecule has 128 valence electrons. The average Bonchev–Trinajstić information content (AvgIpc) is 2.31. The summed E-state index contributed by atoms with van der Waals surface area (Å²) in [5, 5.41) is 0. The smallest absolute Gasteiger partial charge is 0.329 e. The van der Waals surface area contributed by atoms with Crippen LogP contribution in [-0.4, -0.2) is 53.9 Å². The quantitative estimate of drug-likeness (QED) is 0.123. The molecule has 0 radical (unpaired) electrons. The first kappa shape index (κ1) is 28.0. The van der Waals surface area contributed by atoms with Gasteiger partial charge in [0.25, 0.3) is 0 Å². The van der Waals surface area contributed by atoms with E-state index in [1.165, 1.54) is 0 Å². The van der Waals surface area contributed by atoms with Crippen molar-refractivity contribution in [2.75, 3.05) is 39.3 Å². The molecule has 0 bridgehead atoms. The summed E-state index contributed by atoms with van der Waals surface area (Å²) in [4.78, 5) is 21.6. The van der Waals surface area contributed by atoms with Crippen LogP contribution >= 0.6 is 7.82 Å². The first-order valence-corrected chi connectivity index (χ1v) is 7.00. The molecule has 0 atom stereocenters. The molecule has 0 aliphatic carbocycles. The number of nitrogens with two attached hydrogens (primary N) is 6. The van der Waals surface area contributed by atoms with Crippen LogP contribution in [0.3, 0.4) is 0 Å². The Kier molecular flexibility index (Phi) is 38.0. The summed E-state index contributed by atoms with van der Waals surface area (Å²) < 4.78 is 8.88. The minimum atomic E-state index is -4.64. The van der Waals surface area contributed by atoms with Crippen molar-refractivity contribution in [3.63, 3.8) is 0 Å². The third-order valence-electron chi connectivity index (χ3n) is 0.866. The van der Waals surface area contributed by atoms with Gasteiger partial charge in [0.05, 0.1) is 0 Å². The van der Waals surface area contributed by atoms with Crippen LogP contribution in [0.15, 0.2) is 0 Å². The van der Waals surface area contributed by atoms with Gasteiger partial charge in [-0.15, -0.1) is 0 Å². The Bertz CT molecular complexity index is 155. The standard InChI is InChI=1S/3C2H9N3.H3O4P/c3*3-1-2-5-4;1-5(2,3)4/h3*5H,1-4H2;(H3,1,2,3,4). The SMILES string of the molecule is NCCNN.NCCNN.NCCNN.O=P(O)(O)O.